The van der Waals surface area contributed by atoms with Crippen LogP contribution in [0, 0.1) is 20.8 Å². The molecule has 0 aliphatic rings. The normalized spacial score (nSPS) is 13.0. The van der Waals surface area contributed by atoms with Gasteiger partial charge in [-0.2, -0.15) is 0 Å². The first-order valence-corrected chi connectivity index (χ1v) is 11.6. The van der Waals surface area contributed by atoms with Crippen LogP contribution in [0.1, 0.15) is 53.2 Å². The quantitative estimate of drug-likeness (QED) is 0.331. The predicted molar refractivity (Wildman–Crippen MR) is 114 cm³/mol. The molecule has 1 unspecified atom stereocenters. The van der Waals surface area contributed by atoms with Gasteiger partial charge < -0.3 is 9.30 Å². The van der Waals surface area contributed by atoms with Crippen LogP contribution in [0.4, 0.5) is 0 Å². The molecule has 0 saturated heterocycles. The van der Waals surface area contributed by atoms with Crippen LogP contribution in [0.15, 0.2) is 42.5 Å². The Balaban J connectivity index is 2.39. The number of esters is 1. The fourth-order valence-electron chi connectivity index (χ4n) is 3.41. The topological polar surface area (TPSA) is 60.4 Å². The Labute approximate surface area is 167 Å². The van der Waals surface area contributed by atoms with Crippen LogP contribution in [-0.2, 0) is 14.1 Å². The summed E-state index contributed by atoms with van der Waals surface area (Å²) < 4.78 is 19.2. The van der Waals surface area contributed by atoms with Crippen molar-refractivity contribution in [3.63, 3.8) is 0 Å². The fourth-order valence-corrected chi connectivity index (χ4v) is 5.80. The maximum absolute atomic E-state index is 14.0. The lowest BCUT2D eigenvalue weighted by atomic mass is 10.0. The summed E-state index contributed by atoms with van der Waals surface area (Å²) in [7, 11) is -3.68. The lowest BCUT2D eigenvalue weighted by Crippen LogP contribution is -2.23. The molecule has 1 atom stereocenters. The van der Waals surface area contributed by atoms with Crippen molar-refractivity contribution in [1.82, 2.24) is 0 Å². The van der Waals surface area contributed by atoms with Crippen LogP contribution in [0.25, 0.3) is 0 Å². The lowest BCUT2D eigenvalue weighted by molar-refractivity contribution is -0.140. The molecule has 28 heavy (non-hydrogen) atoms. The zero-order chi connectivity index (χ0) is 20.7. The lowest BCUT2D eigenvalue weighted by Gasteiger charge is -2.20. The van der Waals surface area contributed by atoms with Gasteiger partial charge in [0, 0.05) is 10.9 Å². The monoisotopic (exact) mass is 400 g/mol. The number of carbonyl (C=O) groups excluding carboxylic acids is 2. The maximum atomic E-state index is 14.0. The molecule has 0 radical (unpaired) electrons. The van der Waals surface area contributed by atoms with Crippen molar-refractivity contribution in [2.45, 2.75) is 47.0 Å². The molecule has 0 aromatic heterocycles. The number of benzene rings is 2. The first-order valence-electron chi connectivity index (χ1n) is 9.72. The Kier molecular flexibility index (Phi) is 7.77. The Morgan fingerprint density at radius 3 is 2.14 bits per heavy atom. The Hall–Kier alpha value is -2.19. The van der Waals surface area contributed by atoms with Gasteiger partial charge in [-0.1, -0.05) is 67.8 Å². The number of unbranched alkanes of at least 4 members (excludes halogenated alkanes) is 2. The highest BCUT2D eigenvalue weighted by atomic mass is 31.2. The van der Waals surface area contributed by atoms with E-state index in [1.165, 1.54) is 0 Å². The highest BCUT2D eigenvalue weighted by molar-refractivity contribution is 7.88. The molecule has 4 nitrogen and oxygen atoms in total. The van der Waals surface area contributed by atoms with Crippen molar-refractivity contribution in [1.29, 1.82) is 0 Å². The number of rotatable bonds is 9. The van der Waals surface area contributed by atoms with Crippen LogP contribution in [-0.4, -0.2) is 24.3 Å². The largest absolute Gasteiger partial charge is 0.465 e. The van der Waals surface area contributed by atoms with Gasteiger partial charge in [0.25, 0.3) is 0 Å². The summed E-state index contributed by atoms with van der Waals surface area (Å²) >= 11 is 0. The van der Waals surface area contributed by atoms with Gasteiger partial charge in [0.2, 0.25) is 5.52 Å². The van der Waals surface area contributed by atoms with Crippen molar-refractivity contribution in [3.05, 3.63) is 64.7 Å². The number of hydrogen-bond donors (Lipinski definition) is 0. The summed E-state index contributed by atoms with van der Waals surface area (Å²) in [6.07, 6.45) is 2.34. The number of aryl methyl sites for hydroxylation is 3. The van der Waals surface area contributed by atoms with Crippen molar-refractivity contribution < 1.29 is 18.9 Å². The van der Waals surface area contributed by atoms with Crippen molar-refractivity contribution in [2.24, 2.45) is 0 Å². The molecule has 0 aliphatic carbocycles. The van der Waals surface area contributed by atoms with E-state index < -0.39 is 24.8 Å². The van der Waals surface area contributed by atoms with E-state index >= 15 is 0 Å². The predicted octanol–water partition coefficient (Wildman–Crippen LogP) is 5.17. The smallest absolute Gasteiger partial charge is 0.314 e. The SMILES string of the molecule is CCCCCOC(=O)CP(=O)(C(=O)c1c(C)cc(C)cc1C)c1ccccc1. The standard InChI is InChI=1S/C23H29O4P/c1-5-6-10-13-27-21(24)16-28(26,20-11-8-7-9-12-20)23(25)22-18(3)14-17(2)15-19(22)4/h7-9,11-12,14-15H,5-6,10,13,16H2,1-4H3. The molecule has 0 bridgehead atoms. The van der Waals surface area contributed by atoms with E-state index in [0.717, 1.165) is 36.0 Å². The highest BCUT2D eigenvalue weighted by Gasteiger charge is 2.38. The van der Waals surface area contributed by atoms with Gasteiger partial charge in [-0.3, -0.25) is 9.59 Å². The van der Waals surface area contributed by atoms with Gasteiger partial charge in [-0.15, -0.1) is 0 Å². The molecule has 2 rings (SSSR count). The first-order chi connectivity index (χ1) is 13.3. The van der Waals surface area contributed by atoms with Crippen LogP contribution in [0.3, 0.4) is 0 Å². The molecule has 2 aromatic carbocycles. The molecule has 0 fully saturated rings. The zero-order valence-electron chi connectivity index (χ0n) is 17.2. The molecule has 0 heterocycles. The number of hydrogen-bond acceptors (Lipinski definition) is 4. The van der Waals surface area contributed by atoms with Crippen molar-refractivity contribution in [3.8, 4) is 0 Å². The summed E-state index contributed by atoms with van der Waals surface area (Å²) in [6, 6.07) is 12.4. The van der Waals surface area contributed by atoms with Crippen molar-refractivity contribution >= 4 is 23.9 Å². The molecule has 0 N–H and O–H groups in total. The fraction of sp³-hybridized carbons (Fsp3) is 0.391. The average Bonchev–Trinajstić information content (AvgIpc) is 2.65. The van der Waals surface area contributed by atoms with Crippen LogP contribution in [0.2, 0.25) is 0 Å². The number of carbonyl (C=O) groups is 2. The third-order valence-corrected chi connectivity index (χ3v) is 7.47. The van der Waals surface area contributed by atoms with Gasteiger partial charge in [0.05, 0.1) is 6.61 Å². The van der Waals surface area contributed by atoms with E-state index in [1.807, 2.05) is 32.9 Å². The summed E-state index contributed by atoms with van der Waals surface area (Å²) in [5, 5.41) is 0.393. The number of ether oxygens (including phenoxy) is 1. The van der Waals surface area contributed by atoms with Crippen LogP contribution >= 0.6 is 7.14 Å². The average molecular weight is 400 g/mol. The maximum Gasteiger partial charge on any atom is 0.314 e. The van der Waals surface area contributed by atoms with E-state index in [2.05, 4.69) is 6.92 Å². The Bertz CT molecular complexity index is 864. The minimum Gasteiger partial charge on any atom is -0.465 e. The Morgan fingerprint density at radius 2 is 1.57 bits per heavy atom. The first kappa shape index (κ1) is 22.1. The van der Waals surface area contributed by atoms with Crippen LogP contribution in [0.5, 0.6) is 0 Å². The second-order valence-corrected chi connectivity index (χ2v) is 9.96. The van der Waals surface area contributed by atoms with Gasteiger partial charge in [-0.25, -0.2) is 0 Å². The third-order valence-electron chi connectivity index (χ3n) is 4.75. The minimum atomic E-state index is -3.68. The third kappa shape index (κ3) is 5.20. The second kappa shape index (κ2) is 9.84. The highest BCUT2D eigenvalue weighted by Crippen LogP contribution is 2.49. The van der Waals surface area contributed by atoms with Crippen LogP contribution < -0.4 is 5.30 Å². The second-order valence-electron chi connectivity index (χ2n) is 7.24. The minimum absolute atomic E-state index is 0.290. The van der Waals surface area contributed by atoms with Gasteiger partial charge in [0.15, 0.2) is 7.14 Å². The molecule has 0 saturated carbocycles. The molecular weight excluding hydrogens is 371 g/mol. The summed E-state index contributed by atoms with van der Waals surface area (Å²) in [5.74, 6) is -0.584. The van der Waals surface area contributed by atoms with Gasteiger partial charge >= 0.3 is 5.97 Å². The molecular formula is C23H29O4P. The van der Waals surface area contributed by atoms with E-state index in [0.29, 0.717) is 10.9 Å². The summed E-state index contributed by atoms with van der Waals surface area (Å²) in [6.45, 7) is 7.99. The molecule has 5 heteroatoms. The van der Waals surface area contributed by atoms with Gasteiger partial charge in [0.1, 0.15) is 6.16 Å². The molecule has 150 valence electrons. The van der Waals surface area contributed by atoms with E-state index in [9.17, 15) is 14.2 Å². The molecule has 0 amide bonds. The summed E-state index contributed by atoms with van der Waals surface area (Å²) in [5.41, 5.74) is 2.55. The van der Waals surface area contributed by atoms with Crippen molar-refractivity contribution in [2.75, 3.05) is 12.8 Å². The summed E-state index contributed by atoms with van der Waals surface area (Å²) in [4.78, 5) is 25.9. The molecule has 0 spiro atoms. The zero-order valence-corrected chi connectivity index (χ0v) is 18.1. The molecule has 0 aliphatic heterocycles. The van der Waals surface area contributed by atoms with E-state index in [-0.39, 0.29) is 6.61 Å². The van der Waals surface area contributed by atoms with E-state index in [4.69, 9.17) is 4.74 Å². The molecule has 2 aromatic rings. The Morgan fingerprint density at radius 1 is 0.964 bits per heavy atom. The van der Waals surface area contributed by atoms with E-state index in [1.54, 1.807) is 30.3 Å². The van der Waals surface area contributed by atoms with Gasteiger partial charge in [-0.05, 0) is 38.3 Å².